The molecule has 2 aliphatic carbocycles. The molecule has 2 aliphatic rings. The molecule has 0 unspecified atom stereocenters. The molecule has 2 atom stereocenters. The Labute approximate surface area is 286 Å². The number of hydrogen-bond acceptors (Lipinski definition) is 7. The number of carbonyl (C=O) groups is 1. The SMILES string of the molecule is Cc1ccc(N=C(/C=C(\N)C(C)(C)C)NC(=O)N[C@H]2CC[C@@H](Oc3ccc4nnc(C5(N(C)C)CCCC5)n4c3)c3ccccc32)cc1.[HH].[HH]. The van der Waals surface area contributed by atoms with Crippen LogP contribution < -0.4 is 21.1 Å². The average molecular weight is 653 g/mol. The van der Waals surface area contributed by atoms with Crippen molar-refractivity contribution in [1.82, 2.24) is 30.1 Å². The van der Waals surface area contributed by atoms with Gasteiger partial charge in [0.2, 0.25) is 0 Å². The van der Waals surface area contributed by atoms with Gasteiger partial charge in [0, 0.05) is 20.0 Å². The summed E-state index contributed by atoms with van der Waals surface area (Å²) in [6.07, 6.45) is 9.52. The lowest BCUT2D eigenvalue weighted by molar-refractivity contribution is 0.145. The lowest BCUT2D eigenvalue weighted by atomic mass is 9.85. The number of aliphatic imine (C=N–C) groups is 1. The van der Waals surface area contributed by atoms with Crippen molar-refractivity contribution in [2.45, 2.75) is 83.9 Å². The molecule has 0 saturated heterocycles. The minimum absolute atomic E-state index is 0. The largest absolute Gasteiger partial charge is 0.484 e. The fourth-order valence-corrected chi connectivity index (χ4v) is 6.81. The summed E-state index contributed by atoms with van der Waals surface area (Å²) in [6.45, 7) is 8.11. The molecule has 2 amide bonds. The smallest absolute Gasteiger partial charge is 0.320 e. The Morgan fingerprint density at radius 1 is 1.04 bits per heavy atom. The molecular formula is C38H52N8O2. The van der Waals surface area contributed by atoms with Crippen LogP contribution in [0.1, 0.15) is 96.8 Å². The highest BCUT2D eigenvalue weighted by Crippen LogP contribution is 2.43. The molecule has 2 aromatic heterocycles. The van der Waals surface area contributed by atoms with Gasteiger partial charge in [-0.15, -0.1) is 10.2 Å². The zero-order chi connectivity index (χ0) is 34.1. The Kier molecular flexibility index (Phi) is 9.29. The van der Waals surface area contributed by atoms with Gasteiger partial charge in [0.05, 0.1) is 23.5 Å². The molecule has 2 aromatic carbocycles. The lowest BCUT2D eigenvalue weighted by Gasteiger charge is -2.34. The summed E-state index contributed by atoms with van der Waals surface area (Å²) in [7, 11) is 4.26. The number of carbonyl (C=O) groups excluding carboxylic acids is 1. The number of nitrogens with zero attached hydrogens (tertiary/aromatic N) is 5. The first kappa shape index (κ1) is 33.2. The number of amidine groups is 1. The molecule has 10 nitrogen and oxygen atoms in total. The van der Waals surface area contributed by atoms with Crippen molar-refractivity contribution in [2.75, 3.05) is 14.1 Å². The van der Waals surface area contributed by atoms with Gasteiger partial charge in [-0.2, -0.15) is 0 Å². The number of allylic oxidation sites excluding steroid dienone is 1. The van der Waals surface area contributed by atoms with Crippen LogP contribution in [0.15, 0.2) is 83.6 Å². The Bertz CT molecular complexity index is 1840. The second kappa shape index (κ2) is 13.4. The normalized spacial score (nSPS) is 19.7. The van der Waals surface area contributed by atoms with Crippen LogP contribution >= 0.6 is 0 Å². The van der Waals surface area contributed by atoms with Crippen LogP contribution in [0.4, 0.5) is 10.5 Å². The molecule has 4 aromatic rings. The van der Waals surface area contributed by atoms with E-state index in [2.05, 4.69) is 56.4 Å². The predicted octanol–water partition coefficient (Wildman–Crippen LogP) is 7.73. The number of nitrogens with one attached hydrogen (secondary N) is 2. The highest BCUT2D eigenvalue weighted by molar-refractivity contribution is 6.05. The van der Waals surface area contributed by atoms with Crippen LogP contribution in [0.3, 0.4) is 0 Å². The van der Waals surface area contributed by atoms with Crippen LogP contribution in [-0.2, 0) is 5.54 Å². The van der Waals surface area contributed by atoms with E-state index < -0.39 is 0 Å². The van der Waals surface area contributed by atoms with E-state index in [0.717, 1.165) is 58.9 Å². The van der Waals surface area contributed by atoms with Crippen molar-refractivity contribution in [2.24, 2.45) is 16.1 Å². The van der Waals surface area contributed by atoms with Gasteiger partial charge in [0.1, 0.15) is 17.7 Å². The highest BCUT2D eigenvalue weighted by Gasteiger charge is 2.42. The number of aryl methyl sites for hydroxylation is 1. The lowest BCUT2D eigenvalue weighted by Crippen LogP contribution is -2.42. The monoisotopic (exact) mass is 652 g/mol. The molecule has 0 radical (unpaired) electrons. The summed E-state index contributed by atoms with van der Waals surface area (Å²) in [5, 5.41) is 15.3. The first-order valence-corrected chi connectivity index (χ1v) is 16.9. The van der Waals surface area contributed by atoms with E-state index in [1.807, 2.05) is 82.4 Å². The fourth-order valence-electron chi connectivity index (χ4n) is 6.81. The zero-order valence-electron chi connectivity index (χ0n) is 29.0. The van der Waals surface area contributed by atoms with Gasteiger partial charge in [-0.3, -0.25) is 14.6 Å². The quantitative estimate of drug-likeness (QED) is 0.139. The Balaban J connectivity index is 0.00000281. The third kappa shape index (κ3) is 6.94. The number of nitrogens with two attached hydrogens (primary N) is 1. The van der Waals surface area contributed by atoms with Crippen LogP contribution in [0, 0.1) is 12.3 Å². The molecule has 1 fully saturated rings. The molecular weight excluding hydrogens is 600 g/mol. The van der Waals surface area contributed by atoms with Crippen LogP contribution in [0.5, 0.6) is 5.75 Å². The van der Waals surface area contributed by atoms with E-state index in [1.54, 1.807) is 6.08 Å². The topological polar surface area (TPSA) is 122 Å². The van der Waals surface area contributed by atoms with Gasteiger partial charge in [-0.25, -0.2) is 9.79 Å². The maximum atomic E-state index is 13.5. The summed E-state index contributed by atoms with van der Waals surface area (Å²) in [4.78, 5) is 20.5. The predicted molar refractivity (Wildman–Crippen MR) is 195 cm³/mol. The van der Waals surface area contributed by atoms with E-state index >= 15 is 0 Å². The van der Waals surface area contributed by atoms with Crippen molar-refractivity contribution in [3.8, 4) is 5.75 Å². The molecule has 1 saturated carbocycles. The maximum Gasteiger partial charge on any atom is 0.320 e. The Hall–Kier alpha value is -4.70. The molecule has 0 spiro atoms. The number of pyridine rings is 1. The molecule has 0 aliphatic heterocycles. The number of urea groups is 1. The molecule has 0 bridgehead atoms. The number of aromatic nitrogens is 3. The number of benzene rings is 2. The van der Waals surface area contributed by atoms with Crippen molar-refractivity contribution < 1.29 is 12.4 Å². The summed E-state index contributed by atoms with van der Waals surface area (Å²) < 4.78 is 8.78. The van der Waals surface area contributed by atoms with E-state index in [0.29, 0.717) is 18.0 Å². The van der Waals surface area contributed by atoms with Crippen LogP contribution in [0.2, 0.25) is 0 Å². The molecule has 4 N–H and O–H groups in total. The van der Waals surface area contributed by atoms with Crippen LogP contribution in [0.25, 0.3) is 5.65 Å². The minimum atomic E-state index is -0.342. The standard InChI is InChI=1S/C38H48N8O2.2H2/c1-25-13-15-26(16-14-25)40-33(23-32(39)37(2,3)4)42-36(47)41-30-18-19-31(29-12-8-7-11-28(29)30)48-27-17-20-34-43-44-35(46(34)24-27)38(45(5)6)21-9-10-22-38;;/h7-8,11-17,20,23-24,30-31H,9-10,18-19,21-22,39H2,1-6H3,(H2,40,41,42,47);2*1H/b32-23-;;/t30-,31+;;/m0../s1. The average Bonchev–Trinajstić information content (AvgIpc) is 3.71. The third-order valence-corrected chi connectivity index (χ3v) is 9.78. The number of amides is 2. The second-order valence-electron chi connectivity index (χ2n) is 14.4. The van der Waals surface area contributed by atoms with E-state index in [9.17, 15) is 4.79 Å². The van der Waals surface area contributed by atoms with Crippen molar-refractivity contribution >= 4 is 23.2 Å². The van der Waals surface area contributed by atoms with Crippen molar-refractivity contribution in [3.63, 3.8) is 0 Å². The summed E-state index contributed by atoms with van der Waals surface area (Å²) >= 11 is 0. The summed E-state index contributed by atoms with van der Waals surface area (Å²) in [5.74, 6) is 2.11. The van der Waals surface area contributed by atoms with Gasteiger partial charge in [-0.05, 0) is 82.1 Å². The second-order valence-corrected chi connectivity index (χ2v) is 14.4. The minimum Gasteiger partial charge on any atom is -0.484 e. The van der Waals surface area contributed by atoms with Gasteiger partial charge >= 0.3 is 6.03 Å². The number of fused-ring (bicyclic) bond motifs is 2. The first-order valence-electron chi connectivity index (χ1n) is 16.9. The third-order valence-electron chi connectivity index (χ3n) is 9.78. The number of rotatable bonds is 7. The molecule has 2 heterocycles. The highest BCUT2D eigenvalue weighted by atomic mass is 16.5. The van der Waals surface area contributed by atoms with Crippen molar-refractivity contribution in [3.05, 3.63) is 101 Å². The van der Waals surface area contributed by atoms with Crippen LogP contribution in [-0.4, -0.2) is 45.5 Å². The van der Waals surface area contributed by atoms with Gasteiger partial charge in [0.15, 0.2) is 11.5 Å². The van der Waals surface area contributed by atoms with Gasteiger partial charge in [0.25, 0.3) is 0 Å². The Morgan fingerprint density at radius 2 is 1.75 bits per heavy atom. The number of hydrogen-bond donors (Lipinski definition) is 3. The zero-order valence-corrected chi connectivity index (χ0v) is 29.0. The molecule has 256 valence electrons. The summed E-state index contributed by atoms with van der Waals surface area (Å²) in [5.41, 5.74) is 11.4. The fraction of sp³-hybridized carbons (Fsp3) is 0.421. The van der Waals surface area contributed by atoms with E-state index in [4.69, 9.17) is 15.5 Å². The summed E-state index contributed by atoms with van der Waals surface area (Å²) in [6, 6.07) is 19.4. The van der Waals surface area contributed by atoms with Crippen molar-refractivity contribution in [1.29, 1.82) is 0 Å². The maximum absolute atomic E-state index is 13.5. The molecule has 48 heavy (non-hydrogen) atoms. The van der Waals surface area contributed by atoms with Gasteiger partial charge in [-0.1, -0.05) is 75.6 Å². The first-order chi connectivity index (χ1) is 22.9. The number of ether oxygens (including phenoxy) is 1. The Morgan fingerprint density at radius 3 is 2.44 bits per heavy atom. The van der Waals surface area contributed by atoms with E-state index in [1.165, 1.54) is 12.8 Å². The molecule has 10 heteroatoms. The molecule has 6 rings (SSSR count). The van der Waals surface area contributed by atoms with E-state index in [-0.39, 0.29) is 32.0 Å². The van der Waals surface area contributed by atoms with Gasteiger partial charge < -0.3 is 15.8 Å².